The average molecular weight is 188 g/mol. The number of aliphatic hydroxyl groups is 1. The van der Waals surface area contributed by atoms with E-state index in [0.717, 1.165) is 11.1 Å². The van der Waals surface area contributed by atoms with Gasteiger partial charge in [-0.05, 0) is 5.54 Å². The molecule has 0 aliphatic heterocycles. The Balaban J connectivity index is 4.61. The number of hydrogen-bond acceptors (Lipinski definition) is 1. The minimum atomic E-state index is -1.26. The summed E-state index contributed by atoms with van der Waals surface area (Å²) in [6.45, 7) is 14.2. The van der Waals surface area contributed by atoms with Gasteiger partial charge in [-0.25, -0.2) is 0 Å². The lowest BCUT2D eigenvalue weighted by Crippen LogP contribution is -2.43. The summed E-state index contributed by atoms with van der Waals surface area (Å²) < 4.78 is 0. The van der Waals surface area contributed by atoms with Crippen LogP contribution in [0.25, 0.3) is 0 Å². The molecule has 0 saturated carbocycles. The molecule has 0 spiro atoms. The van der Waals surface area contributed by atoms with Crippen LogP contribution in [0.1, 0.15) is 34.6 Å². The highest BCUT2D eigenvalue weighted by atomic mass is 28.3. The molecule has 0 aliphatic rings. The van der Waals surface area contributed by atoms with E-state index >= 15 is 0 Å². The molecule has 0 aromatic rings. The van der Waals surface area contributed by atoms with E-state index in [9.17, 15) is 5.11 Å². The molecule has 12 heavy (non-hydrogen) atoms. The second kappa shape index (κ2) is 4.42. The van der Waals surface area contributed by atoms with E-state index in [1.807, 2.05) is 0 Å². The van der Waals surface area contributed by atoms with Crippen molar-refractivity contribution in [3.63, 3.8) is 0 Å². The van der Waals surface area contributed by atoms with Crippen molar-refractivity contribution >= 4 is 8.07 Å². The molecule has 0 amide bonds. The van der Waals surface area contributed by atoms with Gasteiger partial charge in [0.1, 0.15) is 0 Å². The largest absolute Gasteiger partial charge is 0.396 e. The van der Waals surface area contributed by atoms with Gasteiger partial charge in [-0.15, -0.1) is 0 Å². The van der Waals surface area contributed by atoms with Crippen LogP contribution in [-0.2, 0) is 0 Å². The molecule has 0 aliphatic carbocycles. The van der Waals surface area contributed by atoms with Gasteiger partial charge in [-0.3, -0.25) is 0 Å². The Hall–Kier alpha value is 0.177. The van der Waals surface area contributed by atoms with E-state index in [2.05, 4.69) is 41.2 Å². The fraction of sp³-hybridized carbons (Fsp3) is 1.00. The molecule has 0 radical (unpaired) electrons. The van der Waals surface area contributed by atoms with Crippen LogP contribution >= 0.6 is 0 Å². The third kappa shape index (κ3) is 2.11. The van der Waals surface area contributed by atoms with Crippen molar-refractivity contribution < 1.29 is 5.11 Å². The number of hydrogen-bond donors (Lipinski definition) is 1. The molecule has 74 valence electrons. The van der Waals surface area contributed by atoms with E-state index in [1.54, 1.807) is 0 Å². The molecule has 1 atom stereocenters. The van der Waals surface area contributed by atoms with Gasteiger partial charge >= 0.3 is 0 Å². The van der Waals surface area contributed by atoms with E-state index in [-0.39, 0.29) is 0 Å². The van der Waals surface area contributed by atoms with Gasteiger partial charge in [0.05, 0.1) is 8.07 Å². The molecule has 0 aromatic heterocycles. The second-order valence-corrected chi connectivity index (χ2v) is 10.8. The second-order valence-electron chi connectivity index (χ2n) is 4.76. The Morgan fingerprint density at radius 3 is 1.42 bits per heavy atom. The van der Waals surface area contributed by atoms with Gasteiger partial charge in [0.2, 0.25) is 0 Å². The highest BCUT2D eigenvalue weighted by molar-refractivity contribution is 6.82. The lowest BCUT2D eigenvalue weighted by molar-refractivity contribution is 0.289. The molecule has 2 heteroatoms. The third-order valence-corrected chi connectivity index (χ3v) is 11.1. The summed E-state index contributed by atoms with van der Waals surface area (Å²) in [7, 11) is -1.26. The Bertz CT molecular complexity index is 124. The first-order valence-electron chi connectivity index (χ1n) is 4.98. The quantitative estimate of drug-likeness (QED) is 0.671. The summed E-state index contributed by atoms with van der Waals surface area (Å²) in [5.74, 6) is 0. The van der Waals surface area contributed by atoms with Gasteiger partial charge in [0.25, 0.3) is 0 Å². The predicted octanol–water partition coefficient (Wildman–Crippen LogP) is 3.27. The van der Waals surface area contributed by atoms with Gasteiger partial charge in [0, 0.05) is 6.61 Å². The average Bonchev–Trinajstić information content (AvgIpc) is 2.00. The van der Waals surface area contributed by atoms with Crippen LogP contribution in [0.4, 0.5) is 0 Å². The zero-order valence-electron chi connectivity index (χ0n) is 9.39. The Morgan fingerprint density at radius 1 is 1.00 bits per heavy atom. The molecule has 0 fully saturated rings. The van der Waals surface area contributed by atoms with Gasteiger partial charge in [-0.1, -0.05) is 52.2 Å². The first kappa shape index (κ1) is 12.2. The normalized spacial score (nSPS) is 15.8. The molecule has 1 unspecified atom stereocenters. The monoisotopic (exact) mass is 188 g/mol. The lowest BCUT2D eigenvalue weighted by atomic mass is 10.5. The van der Waals surface area contributed by atoms with Crippen LogP contribution in [0.2, 0.25) is 23.2 Å². The number of rotatable bonds is 4. The molecule has 0 aromatic carbocycles. The van der Waals surface area contributed by atoms with E-state index in [4.69, 9.17) is 0 Å². The first-order chi connectivity index (χ1) is 5.37. The predicted molar refractivity (Wildman–Crippen MR) is 58.3 cm³/mol. The standard InChI is InChI=1S/C10H24OSi/c1-8(2)12(6,9(3)4)10(5)7-11/h8-11H,7H2,1-6H3. The third-order valence-electron chi connectivity index (χ3n) is 3.82. The van der Waals surface area contributed by atoms with Crippen molar-refractivity contribution in [1.29, 1.82) is 0 Å². The maximum absolute atomic E-state index is 9.20. The van der Waals surface area contributed by atoms with E-state index in [1.165, 1.54) is 0 Å². The maximum atomic E-state index is 9.20. The molecule has 0 rings (SSSR count). The Morgan fingerprint density at radius 2 is 1.33 bits per heavy atom. The summed E-state index contributed by atoms with van der Waals surface area (Å²) in [6, 6.07) is 0. The highest BCUT2D eigenvalue weighted by Crippen LogP contribution is 2.40. The summed E-state index contributed by atoms with van der Waals surface area (Å²) >= 11 is 0. The van der Waals surface area contributed by atoms with Crippen molar-refractivity contribution in [1.82, 2.24) is 0 Å². The molecule has 0 heterocycles. The summed E-state index contributed by atoms with van der Waals surface area (Å²) in [5.41, 5.74) is 2.05. The lowest BCUT2D eigenvalue weighted by Gasteiger charge is -2.40. The van der Waals surface area contributed by atoms with Crippen molar-refractivity contribution in [3.8, 4) is 0 Å². The van der Waals surface area contributed by atoms with Crippen LogP contribution in [0, 0.1) is 0 Å². The first-order valence-corrected chi connectivity index (χ1v) is 7.71. The van der Waals surface area contributed by atoms with Crippen molar-refractivity contribution in [3.05, 3.63) is 0 Å². The van der Waals surface area contributed by atoms with Crippen molar-refractivity contribution in [2.45, 2.75) is 57.8 Å². The van der Waals surface area contributed by atoms with Crippen LogP contribution in [-0.4, -0.2) is 19.8 Å². The molecular weight excluding hydrogens is 164 g/mol. The maximum Gasteiger partial charge on any atom is 0.0607 e. The topological polar surface area (TPSA) is 20.2 Å². The van der Waals surface area contributed by atoms with E-state index < -0.39 is 8.07 Å². The van der Waals surface area contributed by atoms with Crippen LogP contribution in [0.3, 0.4) is 0 Å². The van der Waals surface area contributed by atoms with Crippen molar-refractivity contribution in [2.75, 3.05) is 6.61 Å². The minimum Gasteiger partial charge on any atom is -0.396 e. The van der Waals surface area contributed by atoms with Crippen molar-refractivity contribution in [2.24, 2.45) is 0 Å². The van der Waals surface area contributed by atoms with E-state index in [0.29, 0.717) is 12.1 Å². The van der Waals surface area contributed by atoms with Gasteiger partial charge in [-0.2, -0.15) is 0 Å². The Kier molecular flexibility index (Phi) is 4.49. The molecule has 0 saturated heterocycles. The Labute approximate surface area is 78.2 Å². The van der Waals surface area contributed by atoms with Crippen LogP contribution in [0.15, 0.2) is 0 Å². The fourth-order valence-electron chi connectivity index (χ4n) is 2.00. The molecular formula is C10H24OSi. The fourth-order valence-corrected chi connectivity index (χ4v) is 6.00. The van der Waals surface area contributed by atoms with Crippen LogP contribution < -0.4 is 0 Å². The smallest absolute Gasteiger partial charge is 0.0607 e. The zero-order valence-corrected chi connectivity index (χ0v) is 10.4. The molecule has 1 N–H and O–H groups in total. The minimum absolute atomic E-state index is 0.360. The molecule has 0 bridgehead atoms. The SMILES string of the molecule is CC(C)[Si](C)(C(C)C)C(C)CO. The zero-order chi connectivity index (χ0) is 9.94. The summed E-state index contributed by atoms with van der Waals surface area (Å²) in [4.78, 5) is 0. The highest BCUT2D eigenvalue weighted by Gasteiger charge is 2.39. The summed E-state index contributed by atoms with van der Waals surface area (Å²) in [6.07, 6.45) is 0. The number of aliphatic hydroxyl groups excluding tert-OH is 1. The van der Waals surface area contributed by atoms with Crippen LogP contribution in [0.5, 0.6) is 0 Å². The van der Waals surface area contributed by atoms with Gasteiger partial charge < -0.3 is 5.11 Å². The summed E-state index contributed by atoms with van der Waals surface area (Å²) in [5, 5.41) is 9.20. The van der Waals surface area contributed by atoms with Gasteiger partial charge in [0.15, 0.2) is 0 Å². The molecule has 1 nitrogen and oxygen atoms in total.